The van der Waals surface area contributed by atoms with Crippen molar-refractivity contribution in [1.82, 2.24) is 10.3 Å². The number of anilines is 2. The van der Waals surface area contributed by atoms with Crippen molar-refractivity contribution in [3.05, 3.63) is 12.1 Å². The lowest BCUT2D eigenvalue weighted by Gasteiger charge is -2.37. The van der Waals surface area contributed by atoms with Crippen molar-refractivity contribution in [2.75, 3.05) is 30.3 Å². The molecule has 3 N–H and O–H groups in total. The molecule has 22 heavy (non-hydrogen) atoms. The van der Waals surface area contributed by atoms with Crippen molar-refractivity contribution >= 4 is 17.5 Å². The van der Waals surface area contributed by atoms with Crippen LogP contribution < -0.4 is 20.7 Å². The summed E-state index contributed by atoms with van der Waals surface area (Å²) in [5.74, 6) is 2.25. The van der Waals surface area contributed by atoms with Crippen LogP contribution in [0.3, 0.4) is 0 Å². The predicted molar refractivity (Wildman–Crippen MR) is 85.9 cm³/mol. The van der Waals surface area contributed by atoms with Gasteiger partial charge in [0.2, 0.25) is 0 Å². The number of nitrogens with one attached hydrogen (secondary N) is 1. The monoisotopic (exact) mass is 304 g/mol. The molecule has 1 aromatic heterocycles. The summed E-state index contributed by atoms with van der Waals surface area (Å²) in [4.78, 5) is 19.0. The molecule has 3 rings (SSSR count). The minimum absolute atomic E-state index is 0.000803. The second kappa shape index (κ2) is 6.12. The molecule has 2 aliphatic rings. The van der Waals surface area contributed by atoms with Gasteiger partial charge in [-0.3, -0.25) is 9.69 Å². The van der Waals surface area contributed by atoms with Gasteiger partial charge in [0.1, 0.15) is 5.82 Å². The number of carbonyl (C=O) groups is 1. The van der Waals surface area contributed by atoms with Crippen LogP contribution in [0.1, 0.15) is 26.7 Å². The molecule has 0 spiro atoms. The van der Waals surface area contributed by atoms with E-state index in [0.717, 1.165) is 25.9 Å². The van der Waals surface area contributed by atoms with E-state index < -0.39 is 6.10 Å². The Kier molecular flexibility index (Phi) is 4.20. The third kappa shape index (κ3) is 2.88. The predicted octanol–water partition coefficient (Wildman–Crippen LogP) is 1.41. The third-order valence-corrected chi connectivity index (χ3v) is 4.38. The van der Waals surface area contributed by atoms with Gasteiger partial charge < -0.3 is 15.8 Å². The molecule has 1 fully saturated rings. The molecule has 1 amide bonds. The number of ether oxygens (including phenoxy) is 1. The SMILES string of the molecule is CC(C)C1Oc2ccc(N)nc2N(CC2CCNCC2)C1=O. The summed E-state index contributed by atoms with van der Waals surface area (Å²) < 4.78 is 5.86. The summed E-state index contributed by atoms with van der Waals surface area (Å²) in [7, 11) is 0. The first-order valence-corrected chi connectivity index (χ1v) is 8.01. The van der Waals surface area contributed by atoms with Crippen molar-refractivity contribution in [2.45, 2.75) is 32.8 Å². The molecule has 3 heterocycles. The molecule has 120 valence electrons. The van der Waals surface area contributed by atoms with Crippen LogP contribution in [-0.4, -0.2) is 36.6 Å². The number of hydrogen-bond donors (Lipinski definition) is 2. The van der Waals surface area contributed by atoms with Gasteiger partial charge in [0.05, 0.1) is 0 Å². The second-order valence-electron chi connectivity index (χ2n) is 6.48. The maximum Gasteiger partial charge on any atom is 0.269 e. The number of hydrogen-bond acceptors (Lipinski definition) is 5. The largest absolute Gasteiger partial charge is 0.476 e. The summed E-state index contributed by atoms with van der Waals surface area (Å²) in [6.07, 6.45) is 1.71. The van der Waals surface area contributed by atoms with Gasteiger partial charge in [-0.2, -0.15) is 0 Å². The van der Waals surface area contributed by atoms with Crippen molar-refractivity contribution in [2.24, 2.45) is 11.8 Å². The Morgan fingerprint density at radius 2 is 2.14 bits per heavy atom. The number of amides is 1. The Labute approximate surface area is 131 Å². The van der Waals surface area contributed by atoms with Crippen molar-refractivity contribution in [1.29, 1.82) is 0 Å². The second-order valence-corrected chi connectivity index (χ2v) is 6.48. The Morgan fingerprint density at radius 3 is 2.82 bits per heavy atom. The van der Waals surface area contributed by atoms with Crippen LogP contribution in [0.5, 0.6) is 5.75 Å². The van der Waals surface area contributed by atoms with Gasteiger partial charge in [0, 0.05) is 6.54 Å². The summed E-state index contributed by atoms with van der Waals surface area (Å²) in [5, 5.41) is 3.35. The lowest BCUT2D eigenvalue weighted by atomic mass is 9.96. The summed E-state index contributed by atoms with van der Waals surface area (Å²) in [6, 6.07) is 3.53. The molecule has 0 saturated carbocycles. The van der Waals surface area contributed by atoms with Crippen LogP contribution >= 0.6 is 0 Å². The van der Waals surface area contributed by atoms with E-state index in [1.165, 1.54) is 0 Å². The van der Waals surface area contributed by atoms with E-state index in [0.29, 0.717) is 29.8 Å². The van der Waals surface area contributed by atoms with Gasteiger partial charge >= 0.3 is 0 Å². The molecule has 1 aromatic rings. The van der Waals surface area contributed by atoms with Crippen molar-refractivity contribution in [3.63, 3.8) is 0 Å². The fourth-order valence-corrected chi connectivity index (χ4v) is 3.10. The molecule has 1 unspecified atom stereocenters. The minimum atomic E-state index is -0.445. The zero-order valence-corrected chi connectivity index (χ0v) is 13.2. The van der Waals surface area contributed by atoms with Crippen LogP contribution in [0, 0.1) is 11.8 Å². The van der Waals surface area contributed by atoms with E-state index in [-0.39, 0.29) is 11.8 Å². The zero-order valence-electron chi connectivity index (χ0n) is 13.2. The Bertz CT molecular complexity index is 555. The molecule has 1 saturated heterocycles. The van der Waals surface area contributed by atoms with E-state index in [1.54, 1.807) is 11.0 Å². The van der Waals surface area contributed by atoms with Crippen LogP contribution in [0.4, 0.5) is 11.6 Å². The molecule has 1 atom stereocenters. The number of carbonyl (C=O) groups excluding carboxylic acids is 1. The average Bonchev–Trinajstić information content (AvgIpc) is 2.51. The van der Waals surface area contributed by atoms with Gasteiger partial charge in [-0.25, -0.2) is 4.98 Å². The highest BCUT2D eigenvalue weighted by atomic mass is 16.5. The molecule has 0 radical (unpaired) electrons. The molecule has 0 bridgehead atoms. The number of nitrogens with two attached hydrogens (primary N) is 1. The summed E-state index contributed by atoms with van der Waals surface area (Å²) >= 11 is 0. The standard InChI is InChI=1S/C16H24N4O2/c1-10(2)14-16(21)20(9-11-5-7-18-8-6-11)15-12(22-14)3-4-13(17)19-15/h3-4,10-11,14,18H,5-9H2,1-2H3,(H2,17,19). The quantitative estimate of drug-likeness (QED) is 0.882. The van der Waals surface area contributed by atoms with E-state index in [1.807, 2.05) is 19.9 Å². The maximum absolute atomic E-state index is 12.8. The first-order valence-electron chi connectivity index (χ1n) is 8.01. The summed E-state index contributed by atoms with van der Waals surface area (Å²) in [5.41, 5.74) is 5.80. The van der Waals surface area contributed by atoms with E-state index in [9.17, 15) is 4.79 Å². The fraction of sp³-hybridized carbons (Fsp3) is 0.625. The Morgan fingerprint density at radius 1 is 1.41 bits per heavy atom. The number of rotatable bonds is 3. The molecule has 2 aliphatic heterocycles. The van der Waals surface area contributed by atoms with E-state index >= 15 is 0 Å². The highest BCUT2D eigenvalue weighted by Gasteiger charge is 2.38. The fourth-order valence-electron chi connectivity index (χ4n) is 3.10. The lowest BCUT2D eigenvalue weighted by Crippen LogP contribution is -2.51. The normalized spacial score (nSPS) is 22.6. The number of piperidine rings is 1. The Balaban J connectivity index is 1.90. The maximum atomic E-state index is 12.8. The third-order valence-electron chi connectivity index (χ3n) is 4.38. The molecule has 6 heteroatoms. The number of aromatic nitrogens is 1. The minimum Gasteiger partial charge on any atom is -0.476 e. The van der Waals surface area contributed by atoms with Gasteiger partial charge in [0.25, 0.3) is 5.91 Å². The number of nitrogens with zero attached hydrogens (tertiary/aromatic N) is 2. The Hall–Kier alpha value is -1.82. The van der Waals surface area contributed by atoms with Gasteiger partial charge in [-0.05, 0) is 49.9 Å². The smallest absolute Gasteiger partial charge is 0.269 e. The number of nitrogen functional groups attached to an aromatic ring is 1. The highest BCUT2D eigenvalue weighted by molar-refractivity contribution is 5.99. The average molecular weight is 304 g/mol. The zero-order chi connectivity index (χ0) is 15.7. The molecule has 0 aliphatic carbocycles. The first-order chi connectivity index (χ1) is 10.6. The molecule has 6 nitrogen and oxygen atoms in total. The summed E-state index contributed by atoms with van der Waals surface area (Å²) in [6.45, 7) is 6.71. The van der Waals surface area contributed by atoms with Crippen LogP contribution in [0.25, 0.3) is 0 Å². The van der Waals surface area contributed by atoms with Gasteiger partial charge in [-0.15, -0.1) is 0 Å². The van der Waals surface area contributed by atoms with Crippen LogP contribution in [0.2, 0.25) is 0 Å². The van der Waals surface area contributed by atoms with E-state index in [2.05, 4.69) is 10.3 Å². The number of pyridine rings is 1. The molecule has 0 aromatic carbocycles. The topological polar surface area (TPSA) is 80.5 Å². The molecular formula is C16H24N4O2. The van der Waals surface area contributed by atoms with Crippen LogP contribution in [0.15, 0.2) is 12.1 Å². The molecular weight excluding hydrogens is 280 g/mol. The first kappa shape index (κ1) is 15.1. The van der Waals surface area contributed by atoms with Crippen LogP contribution in [-0.2, 0) is 4.79 Å². The van der Waals surface area contributed by atoms with Crippen molar-refractivity contribution < 1.29 is 9.53 Å². The highest BCUT2D eigenvalue weighted by Crippen LogP contribution is 2.35. The van der Waals surface area contributed by atoms with Crippen molar-refractivity contribution in [3.8, 4) is 5.75 Å². The van der Waals surface area contributed by atoms with Gasteiger partial charge in [0.15, 0.2) is 17.7 Å². The lowest BCUT2D eigenvalue weighted by molar-refractivity contribution is -0.128. The van der Waals surface area contributed by atoms with Gasteiger partial charge in [-0.1, -0.05) is 13.8 Å². The van der Waals surface area contributed by atoms with E-state index in [4.69, 9.17) is 10.5 Å². The number of fused-ring (bicyclic) bond motifs is 1.